The molecule has 4 nitrogen and oxygen atoms in total. The van der Waals surface area contributed by atoms with Crippen LogP contribution in [0.5, 0.6) is 0 Å². The third-order valence-electron chi connectivity index (χ3n) is 3.00. The van der Waals surface area contributed by atoms with Gasteiger partial charge in [-0.3, -0.25) is 4.98 Å². The summed E-state index contributed by atoms with van der Waals surface area (Å²) in [5.41, 5.74) is 3.28. The van der Waals surface area contributed by atoms with Gasteiger partial charge in [0.2, 0.25) is 0 Å². The topological polar surface area (TPSA) is 49.3 Å². The fourth-order valence-corrected chi connectivity index (χ4v) is 2.04. The van der Waals surface area contributed by atoms with Crippen LogP contribution in [0.25, 0.3) is 11.3 Å². The number of nitrogens with one attached hydrogen (secondary N) is 2. The standard InChI is InChI=1S/C17H22N4.HI/c1-3-18-17(19-4-2)21-13-14-8-7-9-15(12-14)16-10-5-6-11-20-16;/h5-12H,3-4,13H2,1-2H3,(H2,18,19,21);1H. The summed E-state index contributed by atoms with van der Waals surface area (Å²) in [6.45, 7) is 6.50. The van der Waals surface area contributed by atoms with Gasteiger partial charge < -0.3 is 10.6 Å². The van der Waals surface area contributed by atoms with Crippen molar-refractivity contribution in [2.45, 2.75) is 20.4 Å². The molecular formula is C17H23IN4. The van der Waals surface area contributed by atoms with Crippen molar-refractivity contribution >= 4 is 29.9 Å². The lowest BCUT2D eigenvalue weighted by Crippen LogP contribution is -2.36. The van der Waals surface area contributed by atoms with Gasteiger partial charge in [0.1, 0.15) is 0 Å². The van der Waals surface area contributed by atoms with Crippen LogP contribution in [0.15, 0.2) is 53.7 Å². The molecule has 1 heterocycles. The minimum absolute atomic E-state index is 0. The quantitative estimate of drug-likeness (QED) is 0.451. The summed E-state index contributed by atoms with van der Waals surface area (Å²) in [7, 11) is 0. The summed E-state index contributed by atoms with van der Waals surface area (Å²) >= 11 is 0. The van der Waals surface area contributed by atoms with Gasteiger partial charge in [0.15, 0.2) is 5.96 Å². The number of benzene rings is 1. The van der Waals surface area contributed by atoms with E-state index in [1.807, 2.05) is 24.4 Å². The van der Waals surface area contributed by atoms with E-state index in [1.54, 1.807) is 0 Å². The molecule has 2 aromatic rings. The van der Waals surface area contributed by atoms with Crippen LogP contribution in [0.4, 0.5) is 0 Å². The second-order valence-electron chi connectivity index (χ2n) is 4.64. The highest BCUT2D eigenvalue weighted by molar-refractivity contribution is 14.0. The molecule has 5 heteroatoms. The van der Waals surface area contributed by atoms with E-state index < -0.39 is 0 Å². The Kier molecular flexibility index (Phi) is 8.50. The van der Waals surface area contributed by atoms with Gasteiger partial charge in [-0.2, -0.15) is 0 Å². The summed E-state index contributed by atoms with van der Waals surface area (Å²) in [4.78, 5) is 8.97. The molecule has 1 aromatic heterocycles. The zero-order valence-corrected chi connectivity index (χ0v) is 15.4. The number of nitrogens with zero attached hydrogens (tertiary/aromatic N) is 2. The molecule has 0 aliphatic rings. The summed E-state index contributed by atoms with van der Waals surface area (Å²) < 4.78 is 0. The Balaban J connectivity index is 0.00000242. The highest BCUT2D eigenvalue weighted by Crippen LogP contribution is 2.18. The fraction of sp³-hybridized carbons (Fsp3) is 0.294. The molecule has 0 fully saturated rings. The molecule has 0 amide bonds. The first-order valence-electron chi connectivity index (χ1n) is 7.36. The van der Waals surface area contributed by atoms with Crippen LogP contribution in [0, 0.1) is 0 Å². The molecule has 118 valence electrons. The lowest BCUT2D eigenvalue weighted by atomic mass is 10.1. The van der Waals surface area contributed by atoms with Gasteiger partial charge in [0.05, 0.1) is 12.2 Å². The monoisotopic (exact) mass is 410 g/mol. The first-order valence-corrected chi connectivity index (χ1v) is 7.36. The van der Waals surface area contributed by atoms with Crippen molar-refractivity contribution in [1.82, 2.24) is 15.6 Å². The Morgan fingerprint density at radius 1 is 1.05 bits per heavy atom. The average Bonchev–Trinajstić information content (AvgIpc) is 2.54. The van der Waals surface area contributed by atoms with Crippen molar-refractivity contribution in [3.63, 3.8) is 0 Å². The van der Waals surface area contributed by atoms with Crippen molar-refractivity contribution in [1.29, 1.82) is 0 Å². The predicted molar refractivity (Wildman–Crippen MR) is 104 cm³/mol. The molecule has 2 N–H and O–H groups in total. The smallest absolute Gasteiger partial charge is 0.191 e. The second kappa shape index (κ2) is 10.2. The molecule has 0 atom stereocenters. The van der Waals surface area contributed by atoms with Crippen molar-refractivity contribution in [3.05, 3.63) is 54.2 Å². The molecule has 0 bridgehead atoms. The van der Waals surface area contributed by atoms with Crippen LogP contribution >= 0.6 is 24.0 Å². The lowest BCUT2D eigenvalue weighted by Gasteiger charge is -2.09. The number of pyridine rings is 1. The molecule has 0 spiro atoms. The Morgan fingerprint density at radius 2 is 1.82 bits per heavy atom. The Hall–Kier alpha value is -1.63. The van der Waals surface area contributed by atoms with E-state index in [2.05, 4.69) is 58.7 Å². The Labute approximate surface area is 149 Å². The third-order valence-corrected chi connectivity index (χ3v) is 3.00. The van der Waals surface area contributed by atoms with Crippen LogP contribution in [0.3, 0.4) is 0 Å². The highest BCUT2D eigenvalue weighted by atomic mass is 127. The number of hydrogen-bond donors (Lipinski definition) is 2. The minimum atomic E-state index is 0. The number of aliphatic imine (C=N–C) groups is 1. The van der Waals surface area contributed by atoms with Gasteiger partial charge in [0, 0.05) is 24.8 Å². The molecule has 0 aliphatic heterocycles. The number of aromatic nitrogens is 1. The maximum Gasteiger partial charge on any atom is 0.191 e. The summed E-state index contributed by atoms with van der Waals surface area (Å²) in [6.07, 6.45) is 1.81. The molecule has 22 heavy (non-hydrogen) atoms. The lowest BCUT2D eigenvalue weighted by molar-refractivity contribution is 0.839. The molecule has 0 saturated carbocycles. The zero-order valence-electron chi connectivity index (χ0n) is 13.0. The van der Waals surface area contributed by atoms with Crippen LogP contribution < -0.4 is 10.6 Å². The molecule has 0 saturated heterocycles. The predicted octanol–water partition coefficient (Wildman–Crippen LogP) is 3.44. The van der Waals surface area contributed by atoms with Gasteiger partial charge in [-0.25, -0.2) is 4.99 Å². The number of rotatable bonds is 5. The summed E-state index contributed by atoms with van der Waals surface area (Å²) in [6, 6.07) is 14.3. The number of guanidine groups is 1. The molecule has 0 radical (unpaired) electrons. The van der Waals surface area contributed by atoms with Gasteiger partial charge in [0.25, 0.3) is 0 Å². The third kappa shape index (κ3) is 5.63. The van der Waals surface area contributed by atoms with Crippen LogP contribution in [0.2, 0.25) is 0 Å². The minimum Gasteiger partial charge on any atom is -0.357 e. The number of halogens is 1. The highest BCUT2D eigenvalue weighted by Gasteiger charge is 2.00. The van der Waals surface area contributed by atoms with Crippen molar-refractivity contribution in [2.75, 3.05) is 13.1 Å². The normalized spacial score (nSPS) is 9.55. The molecule has 1 aromatic carbocycles. The Morgan fingerprint density at radius 3 is 2.45 bits per heavy atom. The van der Waals surface area contributed by atoms with Gasteiger partial charge in [-0.1, -0.05) is 24.3 Å². The van der Waals surface area contributed by atoms with Crippen molar-refractivity contribution in [2.24, 2.45) is 4.99 Å². The molecule has 0 unspecified atom stereocenters. The van der Waals surface area contributed by atoms with E-state index in [9.17, 15) is 0 Å². The molecular weight excluding hydrogens is 387 g/mol. The maximum atomic E-state index is 4.58. The van der Waals surface area contributed by atoms with Crippen LogP contribution in [-0.2, 0) is 6.54 Å². The Bertz CT molecular complexity index is 576. The summed E-state index contributed by atoms with van der Waals surface area (Å²) in [5, 5.41) is 6.45. The first kappa shape index (κ1) is 18.4. The van der Waals surface area contributed by atoms with Crippen molar-refractivity contribution in [3.8, 4) is 11.3 Å². The molecule has 0 aliphatic carbocycles. The van der Waals surface area contributed by atoms with Gasteiger partial charge in [-0.05, 0) is 37.6 Å². The second-order valence-corrected chi connectivity index (χ2v) is 4.64. The van der Waals surface area contributed by atoms with E-state index in [0.29, 0.717) is 6.54 Å². The van der Waals surface area contributed by atoms with E-state index in [0.717, 1.165) is 30.3 Å². The van der Waals surface area contributed by atoms with Crippen molar-refractivity contribution < 1.29 is 0 Å². The van der Waals surface area contributed by atoms with Crippen LogP contribution in [0.1, 0.15) is 19.4 Å². The largest absolute Gasteiger partial charge is 0.357 e. The maximum absolute atomic E-state index is 4.58. The molecule has 2 rings (SSSR count). The van der Waals surface area contributed by atoms with E-state index >= 15 is 0 Å². The number of hydrogen-bond acceptors (Lipinski definition) is 2. The van der Waals surface area contributed by atoms with Gasteiger partial charge >= 0.3 is 0 Å². The van der Waals surface area contributed by atoms with E-state index in [1.165, 1.54) is 5.56 Å². The fourth-order valence-electron chi connectivity index (χ4n) is 2.04. The van der Waals surface area contributed by atoms with E-state index in [4.69, 9.17) is 0 Å². The van der Waals surface area contributed by atoms with Gasteiger partial charge in [-0.15, -0.1) is 24.0 Å². The summed E-state index contributed by atoms with van der Waals surface area (Å²) in [5.74, 6) is 0.850. The van der Waals surface area contributed by atoms with Crippen LogP contribution in [-0.4, -0.2) is 24.0 Å². The average molecular weight is 410 g/mol. The SMILES string of the molecule is CCNC(=NCc1cccc(-c2ccccn2)c1)NCC.I. The first-order chi connectivity index (χ1) is 10.3. The van der Waals surface area contributed by atoms with E-state index in [-0.39, 0.29) is 24.0 Å². The zero-order chi connectivity index (χ0) is 14.9.